The number of sulfonamides is 1. The molecule has 0 aromatic heterocycles. The van der Waals surface area contributed by atoms with Crippen molar-refractivity contribution < 1.29 is 13.5 Å². The maximum absolute atomic E-state index is 13.3. The minimum Gasteiger partial charge on any atom is -0.507 e. The van der Waals surface area contributed by atoms with E-state index in [0.29, 0.717) is 17.7 Å². The van der Waals surface area contributed by atoms with E-state index in [4.69, 9.17) is 0 Å². The van der Waals surface area contributed by atoms with E-state index in [-0.39, 0.29) is 10.6 Å². The van der Waals surface area contributed by atoms with Crippen LogP contribution in [0.25, 0.3) is 0 Å². The summed E-state index contributed by atoms with van der Waals surface area (Å²) in [5.41, 5.74) is 3.01. The van der Waals surface area contributed by atoms with Gasteiger partial charge in [0.2, 0.25) is 0 Å². The third-order valence-corrected chi connectivity index (χ3v) is 6.50. The zero-order chi connectivity index (χ0) is 19.7. The summed E-state index contributed by atoms with van der Waals surface area (Å²) in [7, 11) is -3.84. The van der Waals surface area contributed by atoms with Gasteiger partial charge in [-0.25, -0.2) is 0 Å². The molecule has 142 valence electrons. The van der Waals surface area contributed by atoms with Crippen molar-refractivity contribution in [2.24, 2.45) is 5.10 Å². The van der Waals surface area contributed by atoms with E-state index in [0.717, 1.165) is 11.1 Å². The molecule has 1 aliphatic heterocycles. The van der Waals surface area contributed by atoms with Gasteiger partial charge in [0, 0.05) is 12.0 Å². The van der Waals surface area contributed by atoms with Gasteiger partial charge in [-0.2, -0.15) is 17.9 Å². The zero-order valence-electron chi connectivity index (χ0n) is 15.4. The van der Waals surface area contributed by atoms with Crippen LogP contribution in [-0.4, -0.2) is 23.7 Å². The second-order valence-corrected chi connectivity index (χ2v) is 8.58. The molecule has 1 heterocycles. The first-order chi connectivity index (χ1) is 13.5. The van der Waals surface area contributed by atoms with Gasteiger partial charge in [-0.05, 0) is 36.8 Å². The number of phenols is 1. The summed E-state index contributed by atoms with van der Waals surface area (Å²) in [6.45, 7) is 1.97. The predicted octanol–water partition coefficient (Wildman–Crippen LogP) is 4.24. The van der Waals surface area contributed by atoms with Gasteiger partial charge < -0.3 is 5.11 Å². The van der Waals surface area contributed by atoms with Crippen LogP contribution in [0.4, 0.5) is 0 Å². The molecule has 0 fully saturated rings. The molecule has 1 aliphatic rings. The van der Waals surface area contributed by atoms with E-state index in [2.05, 4.69) is 5.10 Å². The number of aryl methyl sites for hydroxylation is 1. The molecule has 5 nitrogen and oxygen atoms in total. The summed E-state index contributed by atoms with van der Waals surface area (Å²) in [6, 6.07) is 22.4. The first-order valence-corrected chi connectivity index (χ1v) is 10.4. The standard InChI is InChI=1S/C22H20N2O3S/c1-16-8-7-9-17(14-16)21-15-20(19-12-5-6-13-22(19)25)23-24(21)28(26,27)18-10-3-2-4-11-18/h2-14,21,25H,15H2,1H3. The van der Waals surface area contributed by atoms with Crippen LogP contribution >= 0.6 is 0 Å². The summed E-state index contributed by atoms with van der Waals surface area (Å²) in [5, 5.41) is 14.7. The van der Waals surface area contributed by atoms with Gasteiger partial charge >= 0.3 is 0 Å². The van der Waals surface area contributed by atoms with Crippen LogP contribution in [0.2, 0.25) is 0 Å². The first-order valence-electron chi connectivity index (χ1n) is 8.99. The van der Waals surface area contributed by atoms with Gasteiger partial charge in [-0.1, -0.05) is 60.2 Å². The highest BCUT2D eigenvalue weighted by Crippen LogP contribution is 2.38. The topological polar surface area (TPSA) is 70.0 Å². The predicted molar refractivity (Wildman–Crippen MR) is 109 cm³/mol. The van der Waals surface area contributed by atoms with Crippen molar-refractivity contribution in [1.82, 2.24) is 4.41 Å². The molecule has 1 unspecified atom stereocenters. The number of hydrogen-bond donors (Lipinski definition) is 1. The number of rotatable bonds is 4. The highest BCUT2D eigenvalue weighted by molar-refractivity contribution is 7.89. The number of nitrogens with zero attached hydrogens (tertiary/aromatic N) is 2. The number of hydrogen-bond acceptors (Lipinski definition) is 4. The lowest BCUT2D eigenvalue weighted by molar-refractivity contribution is 0.371. The third kappa shape index (κ3) is 3.27. The molecule has 0 amide bonds. The molecule has 0 radical (unpaired) electrons. The Morgan fingerprint density at radius 3 is 2.39 bits per heavy atom. The van der Waals surface area contributed by atoms with Gasteiger partial charge in [0.1, 0.15) is 5.75 Å². The molecule has 6 heteroatoms. The number of benzene rings is 3. The summed E-state index contributed by atoms with van der Waals surface area (Å²) in [5.74, 6) is 0.0863. The summed E-state index contributed by atoms with van der Waals surface area (Å²) in [6.07, 6.45) is 0.382. The smallest absolute Gasteiger partial charge is 0.279 e. The fourth-order valence-electron chi connectivity index (χ4n) is 3.42. The van der Waals surface area contributed by atoms with Crippen molar-refractivity contribution in [3.05, 3.63) is 95.6 Å². The van der Waals surface area contributed by atoms with Gasteiger partial charge in [0.25, 0.3) is 10.0 Å². The Morgan fingerprint density at radius 1 is 0.964 bits per heavy atom. The minimum atomic E-state index is -3.84. The molecule has 28 heavy (non-hydrogen) atoms. The van der Waals surface area contributed by atoms with Gasteiger partial charge in [0.15, 0.2) is 0 Å². The number of para-hydroxylation sites is 1. The maximum Gasteiger partial charge on any atom is 0.279 e. The molecule has 3 aromatic rings. The molecule has 0 aliphatic carbocycles. The molecule has 4 rings (SSSR count). The molecule has 1 N–H and O–H groups in total. The quantitative estimate of drug-likeness (QED) is 0.722. The molecule has 0 saturated heterocycles. The van der Waals surface area contributed by atoms with Crippen molar-refractivity contribution in [3.8, 4) is 5.75 Å². The van der Waals surface area contributed by atoms with Crippen molar-refractivity contribution >= 4 is 15.7 Å². The summed E-state index contributed by atoms with van der Waals surface area (Å²) >= 11 is 0. The molecular formula is C22H20N2O3S. The molecular weight excluding hydrogens is 372 g/mol. The third-order valence-electron chi connectivity index (χ3n) is 4.80. The average Bonchev–Trinajstić information content (AvgIpc) is 3.15. The number of phenolic OH excluding ortho intramolecular Hbond substituents is 1. The molecule has 0 bridgehead atoms. The minimum absolute atomic E-state index is 0.0863. The van der Waals surface area contributed by atoms with Crippen LogP contribution in [0, 0.1) is 6.92 Å². The second kappa shape index (κ2) is 7.13. The monoisotopic (exact) mass is 392 g/mol. The Labute approximate surface area is 164 Å². The SMILES string of the molecule is Cc1cccc(C2CC(c3ccccc3O)=NN2S(=O)(=O)c2ccccc2)c1. The maximum atomic E-state index is 13.3. The van der Waals surface area contributed by atoms with E-state index in [1.54, 1.807) is 54.6 Å². The number of hydrazone groups is 1. The fourth-order valence-corrected chi connectivity index (χ4v) is 4.87. The largest absolute Gasteiger partial charge is 0.507 e. The van der Waals surface area contributed by atoms with E-state index < -0.39 is 16.1 Å². The van der Waals surface area contributed by atoms with Crippen LogP contribution in [-0.2, 0) is 10.0 Å². The van der Waals surface area contributed by atoms with E-state index in [1.165, 1.54) is 4.41 Å². The highest BCUT2D eigenvalue weighted by Gasteiger charge is 2.38. The van der Waals surface area contributed by atoms with Crippen LogP contribution < -0.4 is 0 Å². The van der Waals surface area contributed by atoms with Crippen LogP contribution in [0.3, 0.4) is 0 Å². The van der Waals surface area contributed by atoms with Crippen LogP contribution in [0.1, 0.15) is 29.2 Å². The summed E-state index contributed by atoms with van der Waals surface area (Å²) < 4.78 is 27.8. The first kappa shape index (κ1) is 18.3. The lowest BCUT2D eigenvalue weighted by atomic mass is 9.98. The molecule has 3 aromatic carbocycles. The Bertz CT molecular complexity index is 1140. The van der Waals surface area contributed by atoms with Gasteiger partial charge in [0.05, 0.1) is 16.6 Å². The Morgan fingerprint density at radius 2 is 1.68 bits per heavy atom. The second-order valence-electron chi connectivity index (χ2n) is 6.79. The van der Waals surface area contributed by atoms with Crippen molar-refractivity contribution in [1.29, 1.82) is 0 Å². The van der Waals surface area contributed by atoms with Crippen molar-refractivity contribution in [2.45, 2.75) is 24.3 Å². The van der Waals surface area contributed by atoms with Crippen molar-refractivity contribution in [2.75, 3.05) is 0 Å². The molecule has 0 saturated carbocycles. The van der Waals surface area contributed by atoms with Crippen LogP contribution in [0.5, 0.6) is 5.75 Å². The molecule has 0 spiro atoms. The van der Waals surface area contributed by atoms with E-state index >= 15 is 0 Å². The number of aromatic hydroxyl groups is 1. The Kier molecular flexibility index (Phi) is 4.65. The summed E-state index contributed by atoms with van der Waals surface area (Å²) in [4.78, 5) is 0.190. The average molecular weight is 392 g/mol. The van der Waals surface area contributed by atoms with Crippen LogP contribution in [0.15, 0.2) is 88.9 Å². The van der Waals surface area contributed by atoms with Gasteiger partial charge in [-0.3, -0.25) is 0 Å². The Hall–Kier alpha value is -3.12. The van der Waals surface area contributed by atoms with Crippen molar-refractivity contribution in [3.63, 3.8) is 0 Å². The zero-order valence-corrected chi connectivity index (χ0v) is 16.2. The normalized spacial score (nSPS) is 16.8. The Balaban J connectivity index is 1.84. The van der Waals surface area contributed by atoms with E-state index in [9.17, 15) is 13.5 Å². The fraction of sp³-hybridized carbons (Fsp3) is 0.136. The highest BCUT2D eigenvalue weighted by atomic mass is 32.2. The van der Waals surface area contributed by atoms with E-state index in [1.807, 2.05) is 31.2 Å². The van der Waals surface area contributed by atoms with Gasteiger partial charge in [-0.15, -0.1) is 0 Å². The lowest BCUT2D eigenvalue weighted by Crippen LogP contribution is -2.27. The molecule has 1 atom stereocenters. The lowest BCUT2D eigenvalue weighted by Gasteiger charge is -2.23.